The topological polar surface area (TPSA) is 134 Å². The maximum absolute atomic E-state index is 12.8. The van der Waals surface area contributed by atoms with Gasteiger partial charge in [0.05, 0.1) is 13.2 Å². The van der Waals surface area contributed by atoms with Crippen molar-refractivity contribution in [3.63, 3.8) is 0 Å². The molecular weight excluding hydrogens is 1220 g/mol. The number of esters is 2. The highest BCUT2D eigenvalue weighted by molar-refractivity contribution is 7.47. The van der Waals surface area contributed by atoms with Crippen LogP contribution in [0.25, 0.3) is 0 Å². The second kappa shape index (κ2) is 81.4. The van der Waals surface area contributed by atoms with Crippen molar-refractivity contribution in [3.05, 3.63) is 122 Å². The number of unbranched alkanes of at least 4 members (excludes halogenated alkanes) is 44. The van der Waals surface area contributed by atoms with Gasteiger partial charge in [-0.15, -0.1) is 0 Å². The van der Waals surface area contributed by atoms with Crippen molar-refractivity contribution in [1.82, 2.24) is 0 Å². The van der Waals surface area contributed by atoms with Gasteiger partial charge < -0.3 is 20.1 Å². The normalized spacial score (nSPS) is 13.5. The molecule has 0 aliphatic heterocycles. The Labute approximate surface area is 600 Å². The summed E-state index contributed by atoms with van der Waals surface area (Å²) in [5.74, 6) is -0.836. The van der Waals surface area contributed by atoms with E-state index in [1.54, 1.807) is 0 Å². The number of hydrogen-bond acceptors (Lipinski definition) is 8. The quantitative estimate of drug-likeness (QED) is 0.0264. The third-order valence-electron chi connectivity index (χ3n) is 17.9. The molecule has 560 valence electrons. The Hall–Kier alpha value is -3.59. The minimum absolute atomic E-state index is 0.0466. The first kappa shape index (κ1) is 93.4. The number of phosphoric ester groups is 1. The Balaban J connectivity index is 3.85. The van der Waals surface area contributed by atoms with E-state index in [0.29, 0.717) is 6.42 Å². The summed E-state index contributed by atoms with van der Waals surface area (Å²) in [6.45, 7) is 3.66. The molecule has 0 rings (SSSR count). The molecule has 0 aromatic carbocycles. The molecule has 0 saturated heterocycles. The first-order valence-corrected chi connectivity index (χ1v) is 42.5. The van der Waals surface area contributed by atoms with Crippen molar-refractivity contribution in [2.24, 2.45) is 5.73 Å². The molecule has 0 saturated carbocycles. The average molecular weight is 1370 g/mol. The van der Waals surface area contributed by atoms with Crippen LogP contribution >= 0.6 is 7.82 Å². The molecule has 0 aliphatic carbocycles. The second-order valence-electron chi connectivity index (χ2n) is 27.3. The summed E-state index contributed by atoms with van der Waals surface area (Å²) in [4.78, 5) is 35.5. The van der Waals surface area contributed by atoms with E-state index in [0.717, 1.165) is 122 Å². The Morgan fingerprint density at radius 1 is 0.320 bits per heavy atom. The minimum atomic E-state index is -4.41. The SMILES string of the molecule is CC/C=C\C/C=C\C/C=C\C/C=C\C/C=C\C/C=C\C/C=C\C/C=C\C/C=C\C/C=C\CCCCCCCCC(=O)OC(COC(=O)CCCCCCCCCCCCCCCCCCCCCCCCCCCCCCCCCCCCCCCCC)COP(=O)(O)OCCN. The zero-order valence-corrected chi connectivity index (χ0v) is 64.2. The number of hydrogen-bond donors (Lipinski definition) is 2. The molecule has 9 nitrogen and oxygen atoms in total. The number of carbonyl (C=O) groups is 2. The van der Waals surface area contributed by atoms with Crippen molar-refractivity contribution in [3.8, 4) is 0 Å². The highest BCUT2D eigenvalue weighted by atomic mass is 31.2. The van der Waals surface area contributed by atoms with E-state index in [9.17, 15) is 19.0 Å². The molecule has 0 bridgehead atoms. The Kier molecular flexibility index (Phi) is 78.4. The van der Waals surface area contributed by atoms with Crippen LogP contribution in [0.3, 0.4) is 0 Å². The van der Waals surface area contributed by atoms with Crippen molar-refractivity contribution in [2.75, 3.05) is 26.4 Å². The molecule has 0 spiro atoms. The fourth-order valence-corrected chi connectivity index (χ4v) is 12.6. The lowest BCUT2D eigenvalue weighted by Gasteiger charge is -2.19. The third-order valence-corrected chi connectivity index (χ3v) is 18.8. The van der Waals surface area contributed by atoms with Crippen molar-refractivity contribution >= 4 is 19.8 Å². The fourth-order valence-electron chi connectivity index (χ4n) is 11.8. The van der Waals surface area contributed by atoms with Gasteiger partial charge in [-0.1, -0.05) is 405 Å². The largest absolute Gasteiger partial charge is 0.472 e. The second-order valence-corrected chi connectivity index (χ2v) is 28.7. The first-order chi connectivity index (χ1) is 47.8. The van der Waals surface area contributed by atoms with Crippen LogP contribution < -0.4 is 5.73 Å². The Morgan fingerprint density at radius 3 is 0.845 bits per heavy atom. The molecular formula is C87H154NO8P. The molecule has 10 heteroatoms. The maximum atomic E-state index is 12.8. The average Bonchev–Trinajstić information content (AvgIpc) is 2.17. The van der Waals surface area contributed by atoms with Crippen molar-refractivity contribution in [2.45, 2.75) is 392 Å². The minimum Gasteiger partial charge on any atom is -0.462 e. The van der Waals surface area contributed by atoms with Gasteiger partial charge in [-0.2, -0.15) is 0 Å². The number of phosphoric acid groups is 1. The van der Waals surface area contributed by atoms with Gasteiger partial charge in [-0.25, -0.2) is 4.57 Å². The maximum Gasteiger partial charge on any atom is 0.472 e. The third kappa shape index (κ3) is 81.3. The van der Waals surface area contributed by atoms with Crippen LogP contribution in [-0.4, -0.2) is 49.3 Å². The van der Waals surface area contributed by atoms with E-state index >= 15 is 0 Å². The summed E-state index contributed by atoms with van der Waals surface area (Å²) in [7, 11) is -4.41. The smallest absolute Gasteiger partial charge is 0.462 e. The lowest BCUT2D eigenvalue weighted by Crippen LogP contribution is -2.29. The van der Waals surface area contributed by atoms with E-state index in [1.807, 2.05) is 0 Å². The van der Waals surface area contributed by atoms with E-state index < -0.39 is 26.5 Å². The molecule has 0 aromatic heterocycles. The van der Waals surface area contributed by atoms with Gasteiger partial charge in [0.25, 0.3) is 0 Å². The first-order valence-electron chi connectivity index (χ1n) is 41.0. The molecule has 0 aliphatic rings. The van der Waals surface area contributed by atoms with Crippen LogP contribution in [0.4, 0.5) is 0 Å². The highest BCUT2D eigenvalue weighted by Gasteiger charge is 2.26. The Bertz CT molecular complexity index is 2020. The molecule has 0 fully saturated rings. The summed E-state index contributed by atoms with van der Waals surface area (Å²) >= 11 is 0. The number of ether oxygens (including phenoxy) is 2. The lowest BCUT2D eigenvalue weighted by molar-refractivity contribution is -0.161. The number of carbonyl (C=O) groups excluding carboxylic acids is 2. The van der Waals surface area contributed by atoms with Gasteiger partial charge in [-0.3, -0.25) is 18.6 Å². The lowest BCUT2D eigenvalue weighted by atomic mass is 10.0. The number of nitrogens with two attached hydrogens (primary N) is 1. The standard InChI is InChI=1S/C87H154NO8P/c1-3-5-7-9-11-13-15-17-19-21-23-25-27-29-31-33-35-37-39-41-42-44-45-47-49-51-53-55-57-59-61-63-65-67-69-71-73-75-77-79-86(89)93-83-85(84-95-97(91,92)94-82-81-88)96-87(90)80-78-76-74-72-70-68-66-64-62-60-58-56-54-52-50-48-46-43-40-38-36-34-32-30-28-26-24-22-20-18-16-14-12-10-8-6-4-2/h6,8,12,14,18,20,24,26,30,32,36,38,43,46,50,52,56,58,62,64,85H,3-5,7,9-11,13,15-17,19,21-23,25,27-29,31,33-35,37,39-42,44-45,47-49,51,53-55,57,59-61,63,65-84,88H2,1-2H3,(H,91,92)/b8-6-,14-12-,20-18-,26-24-,32-30-,38-36-,46-43-,52-50-,58-56-,64-62-. The van der Waals surface area contributed by atoms with E-state index in [-0.39, 0.29) is 38.6 Å². The number of allylic oxidation sites excluding steroid dienone is 20. The molecule has 0 amide bonds. The highest BCUT2D eigenvalue weighted by Crippen LogP contribution is 2.43. The molecule has 0 aromatic rings. The van der Waals surface area contributed by atoms with E-state index in [4.69, 9.17) is 24.3 Å². The summed E-state index contributed by atoms with van der Waals surface area (Å²) in [5, 5.41) is 0. The van der Waals surface area contributed by atoms with Gasteiger partial charge in [-0.05, 0) is 89.9 Å². The van der Waals surface area contributed by atoms with Crippen LogP contribution in [0.2, 0.25) is 0 Å². The zero-order valence-electron chi connectivity index (χ0n) is 63.3. The summed E-state index contributed by atoms with van der Waals surface area (Å²) in [6, 6.07) is 0. The molecule has 2 atom stereocenters. The molecule has 2 unspecified atom stereocenters. The fraction of sp³-hybridized carbons (Fsp3) is 0.747. The van der Waals surface area contributed by atoms with Gasteiger partial charge in [0.15, 0.2) is 6.10 Å². The van der Waals surface area contributed by atoms with Crippen molar-refractivity contribution in [1.29, 1.82) is 0 Å². The van der Waals surface area contributed by atoms with Crippen LogP contribution in [0.1, 0.15) is 386 Å². The van der Waals surface area contributed by atoms with Crippen molar-refractivity contribution < 1.29 is 37.6 Å². The van der Waals surface area contributed by atoms with Gasteiger partial charge >= 0.3 is 19.8 Å². The predicted molar refractivity (Wildman–Crippen MR) is 422 cm³/mol. The van der Waals surface area contributed by atoms with E-state index in [1.165, 1.54) is 231 Å². The molecule has 0 radical (unpaired) electrons. The van der Waals surface area contributed by atoms with Gasteiger partial charge in [0, 0.05) is 19.4 Å². The van der Waals surface area contributed by atoms with Crippen LogP contribution in [0, 0.1) is 0 Å². The molecule has 0 heterocycles. The monoisotopic (exact) mass is 1370 g/mol. The molecule has 3 N–H and O–H groups in total. The van der Waals surface area contributed by atoms with Crippen LogP contribution in [0.5, 0.6) is 0 Å². The van der Waals surface area contributed by atoms with Gasteiger partial charge in [0.2, 0.25) is 0 Å². The summed E-state index contributed by atoms with van der Waals surface area (Å²) < 4.78 is 33.3. The van der Waals surface area contributed by atoms with E-state index in [2.05, 4.69) is 135 Å². The zero-order chi connectivity index (χ0) is 70.0. The summed E-state index contributed by atoms with van der Waals surface area (Å²) in [6.07, 6.45) is 115. The van der Waals surface area contributed by atoms with Crippen LogP contribution in [-0.2, 0) is 32.7 Å². The Morgan fingerprint density at radius 2 is 0.567 bits per heavy atom. The molecule has 97 heavy (non-hydrogen) atoms. The summed E-state index contributed by atoms with van der Waals surface area (Å²) in [5.41, 5.74) is 5.41. The van der Waals surface area contributed by atoms with Gasteiger partial charge in [0.1, 0.15) is 6.61 Å². The number of rotatable bonds is 77. The van der Waals surface area contributed by atoms with Crippen LogP contribution in [0.15, 0.2) is 122 Å². The predicted octanol–water partition coefficient (Wildman–Crippen LogP) is 27.8.